The van der Waals surface area contributed by atoms with Gasteiger partial charge in [-0.25, -0.2) is 0 Å². The normalized spacial score (nSPS) is 14.9. The first-order valence-corrected chi connectivity index (χ1v) is 13.7. The van der Waals surface area contributed by atoms with E-state index in [1.54, 1.807) is 16.2 Å². The quantitative estimate of drug-likeness (QED) is 0.289. The van der Waals surface area contributed by atoms with Crippen LogP contribution in [0.1, 0.15) is 51.8 Å². The lowest BCUT2D eigenvalue weighted by Gasteiger charge is -2.38. The summed E-state index contributed by atoms with van der Waals surface area (Å²) < 4.78 is 0. The average molecular weight is 509 g/mol. The van der Waals surface area contributed by atoms with Crippen molar-refractivity contribution >= 4 is 23.2 Å². The molecule has 1 aliphatic rings. The van der Waals surface area contributed by atoms with Gasteiger partial charge in [0.25, 0.3) is 5.91 Å². The fourth-order valence-corrected chi connectivity index (χ4v) is 6.04. The first-order valence-electron chi connectivity index (χ1n) is 12.8. The summed E-state index contributed by atoms with van der Waals surface area (Å²) in [5.41, 5.74) is 6.28. The summed E-state index contributed by atoms with van der Waals surface area (Å²) in [7, 11) is 0. The van der Waals surface area contributed by atoms with Crippen LogP contribution in [-0.2, 0) is 11.2 Å². The number of carbonyl (C=O) groups is 2. The summed E-state index contributed by atoms with van der Waals surface area (Å²) >= 11 is 1.76. The van der Waals surface area contributed by atoms with Crippen LogP contribution in [0.3, 0.4) is 0 Å². The minimum absolute atomic E-state index is 0.0203. The number of fused-ring (bicyclic) bond motifs is 1. The lowest BCUT2D eigenvalue weighted by atomic mass is 9.90. The van der Waals surface area contributed by atoms with Crippen LogP contribution in [-0.4, -0.2) is 40.7 Å². The fourth-order valence-electron chi connectivity index (χ4n) is 5.14. The van der Waals surface area contributed by atoms with E-state index in [0.29, 0.717) is 12.1 Å². The highest BCUT2D eigenvalue weighted by Gasteiger charge is 2.35. The van der Waals surface area contributed by atoms with E-state index in [0.717, 1.165) is 23.1 Å². The molecule has 0 spiro atoms. The number of carbonyl (C=O) groups excluding carboxylic acids is 2. The Labute approximate surface area is 223 Å². The largest absolute Gasteiger partial charge is 0.330 e. The van der Waals surface area contributed by atoms with Gasteiger partial charge in [-0.2, -0.15) is 0 Å². The van der Waals surface area contributed by atoms with Gasteiger partial charge in [-0.05, 0) is 78.6 Å². The van der Waals surface area contributed by atoms with Crippen molar-refractivity contribution < 1.29 is 9.59 Å². The van der Waals surface area contributed by atoms with Gasteiger partial charge in [0.05, 0.1) is 6.04 Å². The smallest absolute Gasteiger partial charge is 0.254 e. The second-order valence-electron chi connectivity index (χ2n) is 9.87. The first-order chi connectivity index (χ1) is 17.9. The SMILES string of the molecule is Cc1ccccc1C1c2ccsc2CCN1C(=O)CN(C(=O)c1ccc(-c2ccccc2)cc1)C(C)C. The van der Waals surface area contributed by atoms with Crippen molar-refractivity contribution in [2.24, 2.45) is 0 Å². The van der Waals surface area contributed by atoms with Gasteiger partial charge in [0.15, 0.2) is 0 Å². The standard InChI is InChI=1S/C32H32N2O2S/c1-22(2)34(32(36)26-15-13-25(14-16-26)24-10-5-4-6-11-24)21-30(35)33-19-17-29-28(18-20-37-29)31(33)27-12-8-7-9-23(27)3/h4-16,18,20,22,31H,17,19,21H2,1-3H3. The van der Waals surface area contributed by atoms with E-state index in [9.17, 15) is 9.59 Å². The lowest BCUT2D eigenvalue weighted by Crippen LogP contribution is -2.48. The Kier molecular flexibility index (Phi) is 7.24. The minimum atomic E-state index is -0.127. The molecule has 4 aromatic rings. The van der Waals surface area contributed by atoms with E-state index >= 15 is 0 Å². The van der Waals surface area contributed by atoms with Crippen LogP contribution in [0.5, 0.6) is 0 Å². The first kappa shape index (κ1) is 25.0. The van der Waals surface area contributed by atoms with Crippen molar-refractivity contribution in [3.05, 3.63) is 117 Å². The third-order valence-electron chi connectivity index (χ3n) is 7.20. The number of rotatable bonds is 6. The van der Waals surface area contributed by atoms with Gasteiger partial charge in [-0.3, -0.25) is 9.59 Å². The molecule has 188 valence electrons. The molecule has 5 heteroatoms. The molecule has 0 radical (unpaired) electrons. The number of thiophene rings is 1. The molecular weight excluding hydrogens is 476 g/mol. The lowest BCUT2D eigenvalue weighted by molar-refractivity contribution is -0.134. The summed E-state index contributed by atoms with van der Waals surface area (Å²) in [5, 5.41) is 2.12. The second-order valence-corrected chi connectivity index (χ2v) is 10.9. The Hall–Kier alpha value is -3.70. The van der Waals surface area contributed by atoms with Gasteiger partial charge in [0.2, 0.25) is 5.91 Å². The van der Waals surface area contributed by atoms with E-state index < -0.39 is 0 Å². The highest BCUT2D eigenvalue weighted by atomic mass is 32.1. The summed E-state index contributed by atoms with van der Waals surface area (Å²) in [5.74, 6) is -0.142. The Morgan fingerprint density at radius 1 is 0.892 bits per heavy atom. The molecule has 0 saturated carbocycles. The number of hydrogen-bond acceptors (Lipinski definition) is 3. The predicted molar refractivity (Wildman–Crippen MR) is 151 cm³/mol. The molecular formula is C32H32N2O2S. The van der Waals surface area contributed by atoms with Crippen LogP contribution in [0.15, 0.2) is 90.3 Å². The van der Waals surface area contributed by atoms with E-state index in [4.69, 9.17) is 0 Å². The molecule has 1 unspecified atom stereocenters. The minimum Gasteiger partial charge on any atom is -0.330 e. The highest BCUT2D eigenvalue weighted by molar-refractivity contribution is 7.10. The number of amides is 2. The fraction of sp³-hybridized carbons (Fsp3) is 0.250. The van der Waals surface area contributed by atoms with E-state index in [2.05, 4.69) is 42.6 Å². The van der Waals surface area contributed by atoms with Crippen molar-refractivity contribution in [3.8, 4) is 11.1 Å². The van der Waals surface area contributed by atoms with Crippen molar-refractivity contribution in [1.29, 1.82) is 0 Å². The molecule has 3 aromatic carbocycles. The monoisotopic (exact) mass is 508 g/mol. The molecule has 0 aliphatic carbocycles. The Morgan fingerprint density at radius 3 is 2.27 bits per heavy atom. The molecule has 0 saturated heterocycles. The molecule has 5 rings (SSSR count). The van der Waals surface area contributed by atoms with Gasteiger partial charge in [-0.1, -0.05) is 66.7 Å². The zero-order valence-corrected chi connectivity index (χ0v) is 22.4. The third kappa shape index (κ3) is 5.09. The maximum atomic E-state index is 13.8. The third-order valence-corrected chi connectivity index (χ3v) is 8.19. The van der Waals surface area contributed by atoms with Crippen molar-refractivity contribution in [1.82, 2.24) is 9.80 Å². The van der Waals surface area contributed by atoms with Gasteiger partial charge in [0.1, 0.15) is 6.54 Å². The average Bonchev–Trinajstić information content (AvgIpc) is 3.41. The van der Waals surface area contributed by atoms with Crippen LogP contribution in [0.25, 0.3) is 11.1 Å². The van der Waals surface area contributed by atoms with Crippen LogP contribution in [0, 0.1) is 6.92 Å². The van der Waals surface area contributed by atoms with Gasteiger partial charge in [-0.15, -0.1) is 11.3 Å². The Bertz CT molecular complexity index is 1390. The number of nitrogens with zero attached hydrogens (tertiary/aromatic N) is 2. The molecule has 37 heavy (non-hydrogen) atoms. The number of aryl methyl sites for hydroxylation is 1. The second kappa shape index (κ2) is 10.7. The summed E-state index contributed by atoms with van der Waals surface area (Å²) in [4.78, 5) is 32.4. The molecule has 0 fully saturated rings. The predicted octanol–water partition coefficient (Wildman–Crippen LogP) is 6.75. The zero-order valence-electron chi connectivity index (χ0n) is 21.6. The van der Waals surface area contributed by atoms with Gasteiger partial charge < -0.3 is 9.80 Å². The Balaban J connectivity index is 1.39. The molecule has 0 bridgehead atoms. The van der Waals surface area contributed by atoms with Crippen molar-refractivity contribution in [2.75, 3.05) is 13.1 Å². The van der Waals surface area contributed by atoms with Gasteiger partial charge >= 0.3 is 0 Å². The van der Waals surface area contributed by atoms with Gasteiger partial charge in [0, 0.05) is 23.0 Å². The maximum absolute atomic E-state index is 13.8. The summed E-state index contributed by atoms with van der Waals surface area (Å²) in [6, 6.07) is 28.0. The van der Waals surface area contributed by atoms with Crippen molar-refractivity contribution in [2.45, 2.75) is 39.3 Å². The van der Waals surface area contributed by atoms with E-state index in [-0.39, 0.29) is 30.4 Å². The van der Waals surface area contributed by atoms with Crippen molar-refractivity contribution in [3.63, 3.8) is 0 Å². The molecule has 1 atom stereocenters. The zero-order chi connectivity index (χ0) is 25.9. The molecule has 1 aromatic heterocycles. The molecule has 2 heterocycles. The molecule has 2 amide bonds. The molecule has 0 N–H and O–H groups in total. The summed E-state index contributed by atoms with van der Waals surface area (Å²) in [6.07, 6.45) is 0.845. The molecule has 4 nitrogen and oxygen atoms in total. The van der Waals surface area contributed by atoms with Crippen LogP contribution in [0.2, 0.25) is 0 Å². The maximum Gasteiger partial charge on any atom is 0.254 e. The van der Waals surface area contributed by atoms with Crippen LogP contribution < -0.4 is 0 Å². The number of benzene rings is 3. The van der Waals surface area contributed by atoms with Crippen LogP contribution in [0.4, 0.5) is 0 Å². The highest BCUT2D eigenvalue weighted by Crippen LogP contribution is 2.39. The number of hydrogen-bond donors (Lipinski definition) is 0. The summed E-state index contributed by atoms with van der Waals surface area (Å²) in [6.45, 7) is 6.74. The van der Waals surface area contributed by atoms with Crippen LogP contribution >= 0.6 is 11.3 Å². The van der Waals surface area contributed by atoms with E-state index in [1.165, 1.54) is 16.0 Å². The topological polar surface area (TPSA) is 40.6 Å². The molecule has 1 aliphatic heterocycles. The van der Waals surface area contributed by atoms with E-state index in [1.807, 2.05) is 73.3 Å². The Morgan fingerprint density at radius 2 is 1.57 bits per heavy atom.